The second-order valence-corrected chi connectivity index (χ2v) is 6.26. The number of hydrogen-bond acceptors (Lipinski definition) is 2. The molecule has 2 rings (SSSR count). The third-order valence-corrected chi connectivity index (χ3v) is 4.04. The van der Waals surface area contributed by atoms with Crippen LogP contribution in [0.15, 0.2) is 27.7 Å². The third-order valence-electron chi connectivity index (χ3n) is 3.54. The third kappa shape index (κ3) is 5.75. The maximum atomic E-state index is 11.9. The highest BCUT2D eigenvalue weighted by Crippen LogP contribution is 2.24. The van der Waals surface area contributed by atoms with Crippen molar-refractivity contribution in [1.82, 2.24) is 4.90 Å². The number of anilines is 1. The molecule has 0 saturated heterocycles. The van der Waals surface area contributed by atoms with Gasteiger partial charge >= 0.3 is 0 Å². The number of halogens is 2. The fraction of sp³-hybridized carbons (Fsp3) is 0.467. The van der Waals surface area contributed by atoms with Gasteiger partial charge in [0.15, 0.2) is 5.96 Å². The van der Waals surface area contributed by atoms with Gasteiger partial charge in [-0.1, -0.05) is 22.0 Å². The van der Waals surface area contributed by atoms with Crippen molar-refractivity contribution >= 4 is 57.5 Å². The summed E-state index contributed by atoms with van der Waals surface area (Å²) in [5.41, 5.74) is 7.73. The molecule has 1 aliphatic carbocycles. The summed E-state index contributed by atoms with van der Waals surface area (Å²) < 4.78 is 0.941. The van der Waals surface area contributed by atoms with Gasteiger partial charge in [0, 0.05) is 29.7 Å². The van der Waals surface area contributed by atoms with Gasteiger partial charge in [0.25, 0.3) is 0 Å². The van der Waals surface area contributed by atoms with Crippen molar-refractivity contribution < 1.29 is 4.79 Å². The quantitative estimate of drug-likeness (QED) is 0.386. The Morgan fingerprint density at radius 3 is 2.82 bits per heavy atom. The number of rotatable bonds is 5. The van der Waals surface area contributed by atoms with Gasteiger partial charge in [-0.25, -0.2) is 0 Å². The molecule has 0 heterocycles. The van der Waals surface area contributed by atoms with Crippen LogP contribution in [0.3, 0.4) is 0 Å². The van der Waals surface area contributed by atoms with E-state index in [0.29, 0.717) is 25.0 Å². The van der Waals surface area contributed by atoms with Crippen LogP contribution < -0.4 is 11.1 Å². The van der Waals surface area contributed by atoms with E-state index in [9.17, 15) is 4.79 Å². The fourth-order valence-corrected chi connectivity index (χ4v) is 2.34. The van der Waals surface area contributed by atoms with E-state index in [0.717, 1.165) is 15.7 Å². The molecule has 1 amide bonds. The van der Waals surface area contributed by atoms with Crippen LogP contribution in [0.1, 0.15) is 24.8 Å². The van der Waals surface area contributed by atoms with Crippen LogP contribution >= 0.6 is 39.9 Å². The van der Waals surface area contributed by atoms with Gasteiger partial charge < -0.3 is 16.0 Å². The molecule has 22 heavy (non-hydrogen) atoms. The first kappa shape index (κ1) is 19.2. The molecule has 1 aromatic carbocycles. The van der Waals surface area contributed by atoms with E-state index in [4.69, 9.17) is 5.73 Å². The number of aryl methyl sites for hydroxylation is 1. The molecule has 0 atom stereocenters. The monoisotopic (exact) mass is 480 g/mol. The molecular formula is C15H22BrIN4O. The van der Waals surface area contributed by atoms with Gasteiger partial charge in [-0.3, -0.25) is 9.79 Å². The van der Waals surface area contributed by atoms with Gasteiger partial charge in [0.2, 0.25) is 5.91 Å². The van der Waals surface area contributed by atoms with Crippen molar-refractivity contribution in [1.29, 1.82) is 0 Å². The summed E-state index contributed by atoms with van der Waals surface area (Å²) in [5, 5.41) is 2.90. The predicted octanol–water partition coefficient (Wildman–Crippen LogP) is 3.11. The van der Waals surface area contributed by atoms with Crippen LogP contribution in [-0.4, -0.2) is 36.4 Å². The number of amides is 1. The molecule has 1 saturated carbocycles. The fourth-order valence-electron chi connectivity index (χ4n) is 1.97. The molecular weight excluding hydrogens is 459 g/mol. The van der Waals surface area contributed by atoms with E-state index in [1.807, 2.05) is 37.1 Å². The normalized spacial score (nSPS) is 14.2. The van der Waals surface area contributed by atoms with Gasteiger partial charge in [0.1, 0.15) is 0 Å². The zero-order valence-corrected chi connectivity index (χ0v) is 16.7. The zero-order valence-electron chi connectivity index (χ0n) is 12.8. The summed E-state index contributed by atoms with van der Waals surface area (Å²) in [5.74, 6) is 0.464. The van der Waals surface area contributed by atoms with E-state index in [1.54, 1.807) is 0 Å². The lowest BCUT2D eigenvalue weighted by molar-refractivity contribution is -0.116. The topological polar surface area (TPSA) is 70.7 Å². The van der Waals surface area contributed by atoms with E-state index >= 15 is 0 Å². The first-order valence-corrected chi connectivity index (χ1v) is 7.85. The Bertz CT molecular complexity index is 560. The van der Waals surface area contributed by atoms with Gasteiger partial charge in [-0.15, -0.1) is 24.0 Å². The number of guanidine groups is 1. The Kier molecular flexibility index (Phi) is 7.61. The maximum absolute atomic E-state index is 11.9. The highest BCUT2D eigenvalue weighted by molar-refractivity contribution is 14.0. The SMILES string of the molecule is Cc1ccc(Br)cc1NC(=O)CCN=C(N)N(C)C1CC1.I. The van der Waals surface area contributed by atoms with Gasteiger partial charge in [-0.05, 0) is 37.5 Å². The summed E-state index contributed by atoms with van der Waals surface area (Å²) in [4.78, 5) is 18.2. The van der Waals surface area contributed by atoms with Crippen molar-refractivity contribution in [3.8, 4) is 0 Å². The summed E-state index contributed by atoms with van der Waals surface area (Å²) >= 11 is 3.40. The minimum Gasteiger partial charge on any atom is -0.370 e. The van der Waals surface area contributed by atoms with Crippen LogP contribution in [0.2, 0.25) is 0 Å². The van der Waals surface area contributed by atoms with Crippen molar-refractivity contribution in [2.45, 2.75) is 32.2 Å². The molecule has 0 radical (unpaired) electrons. The second kappa shape index (κ2) is 8.71. The number of carbonyl (C=O) groups is 1. The lowest BCUT2D eigenvalue weighted by Crippen LogP contribution is -2.35. The number of aliphatic imine (C=N–C) groups is 1. The molecule has 1 aromatic rings. The lowest BCUT2D eigenvalue weighted by atomic mass is 10.2. The molecule has 0 unspecified atom stereocenters. The summed E-state index contributed by atoms with van der Waals surface area (Å²) in [6, 6.07) is 6.34. The number of nitrogens with one attached hydrogen (secondary N) is 1. The van der Waals surface area contributed by atoms with Crippen LogP contribution in [-0.2, 0) is 4.79 Å². The Morgan fingerprint density at radius 1 is 1.50 bits per heavy atom. The number of nitrogens with two attached hydrogens (primary N) is 1. The smallest absolute Gasteiger partial charge is 0.226 e. The number of hydrogen-bond donors (Lipinski definition) is 2. The van der Waals surface area contributed by atoms with E-state index in [2.05, 4.69) is 26.2 Å². The molecule has 0 aromatic heterocycles. The average Bonchev–Trinajstić information content (AvgIpc) is 3.26. The van der Waals surface area contributed by atoms with Gasteiger partial charge in [-0.2, -0.15) is 0 Å². The molecule has 1 fully saturated rings. The average molecular weight is 481 g/mol. The largest absolute Gasteiger partial charge is 0.370 e. The molecule has 5 nitrogen and oxygen atoms in total. The van der Waals surface area contributed by atoms with E-state index < -0.39 is 0 Å². The van der Waals surface area contributed by atoms with Crippen molar-refractivity contribution in [3.63, 3.8) is 0 Å². The standard InChI is InChI=1S/C15H21BrN4O.HI/c1-10-3-4-11(16)9-13(10)19-14(21)7-8-18-15(17)20(2)12-5-6-12;/h3-4,9,12H,5-8H2,1-2H3,(H2,17,18)(H,19,21);1H. The minimum absolute atomic E-state index is 0. The maximum Gasteiger partial charge on any atom is 0.226 e. The summed E-state index contributed by atoms with van der Waals surface area (Å²) in [6.45, 7) is 2.37. The van der Waals surface area contributed by atoms with Gasteiger partial charge in [0.05, 0.1) is 6.54 Å². The predicted molar refractivity (Wildman–Crippen MR) is 105 cm³/mol. The highest BCUT2D eigenvalue weighted by Gasteiger charge is 2.27. The van der Waals surface area contributed by atoms with Crippen LogP contribution in [0.4, 0.5) is 5.69 Å². The summed E-state index contributed by atoms with van der Waals surface area (Å²) in [6.07, 6.45) is 2.68. The molecule has 1 aliphatic rings. The minimum atomic E-state index is -0.0539. The molecule has 0 bridgehead atoms. The van der Waals surface area contributed by atoms with Crippen LogP contribution in [0, 0.1) is 6.92 Å². The second-order valence-electron chi connectivity index (χ2n) is 5.34. The Hall–Kier alpha value is -0.830. The Morgan fingerprint density at radius 2 is 2.18 bits per heavy atom. The van der Waals surface area contributed by atoms with Crippen molar-refractivity contribution in [3.05, 3.63) is 28.2 Å². The zero-order chi connectivity index (χ0) is 15.4. The molecule has 0 spiro atoms. The Labute approximate surface area is 156 Å². The molecule has 0 aliphatic heterocycles. The number of benzene rings is 1. The van der Waals surface area contributed by atoms with E-state index in [-0.39, 0.29) is 29.9 Å². The van der Waals surface area contributed by atoms with Crippen molar-refractivity contribution in [2.24, 2.45) is 10.7 Å². The molecule has 3 N–H and O–H groups in total. The Balaban J connectivity index is 0.00000242. The molecule has 122 valence electrons. The van der Waals surface area contributed by atoms with Crippen molar-refractivity contribution in [2.75, 3.05) is 18.9 Å². The number of carbonyl (C=O) groups excluding carboxylic acids is 1. The molecule has 7 heteroatoms. The summed E-state index contributed by atoms with van der Waals surface area (Å²) in [7, 11) is 1.95. The van der Waals surface area contributed by atoms with E-state index in [1.165, 1.54) is 12.8 Å². The first-order chi connectivity index (χ1) is 9.97. The highest BCUT2D eigenvalue weighted by atomic mass is 127. The lowest BCUT2D eigenvalue weighted by Gasteiger charge is -2.16. The van der Waals surface area contributed by atoms with Crippen LogP contribution in [0.25, 0.3) is 0 Å². The number of nitrogens with zero attached hydrogens (tertiary/aromatic N) is 2. The first-order valence-electron chi connectivity index (χ1n) is 7.06. The van der Waals surface area contributed by atoms with Crippen LogP contribution in [0.5, 0.6) is 0 Å².